The van der Waals surface area contributed by atoms with Gasteiger partial charge in [-0.3, -0.25) is 9.59 Å². The van der Waals surface area contributed by atoms with Gasteiger partial charge in [0, 0.05) is 5.92 Å². The van der Waals surface area contributed by atoms with Gasteiger partial charge in [0.15, 0.2) is 0 Å². The number of aliphatic carboxylic acids is 1. The molecule has 1 aliphatic carbocycles. The van der Waals surface area contributed by atoms with Crippen LogP contribution in [0.15, 0.2) is 33.7 Å². The van der Waals surface area contributed by atoms with Gasteiger partial charge in [-0.1, -0.05) is 76.1 Å². The summed E-state index contributed by atoms with van der Waals surface area (Å²) >= 11 is 0. The third kappa shape index (κ3) is 7.12. The molecule has 1 aliphatic rings. The maximum Gasteiger partial charge on any atom is 0.306 e. The zero-order chi connectivity index (χ0) is 24.7. The van der Waals surface area contributed by atoms with Crippen molar-refractivity contribution in [2.45, 2.75) is 88.4 Å². The molecule has 34 heavy (non-hydrogen) atoms. The molecule has 0 spiro atoms. The molecule has 1 saturated carbocycles. The quantitative estimate of drug-likeness (QED) is 0.464. The van der Waals surface area contributed by atoms with Gasteiger partial charge in [-0.25, -0.2) is 13.1 Å². The van der Waals surface area contributed by atoms with Crippen LogP contribution >= 0.6 is 0 Å². The van der Waals surface area contributed by atoms with Crippen LogP contribution in [-0.2, 0) is 14.8 Å². The van der Waals surface area contributed by atoms with Crippen molar-refractivity contribution in [3.05, 3.63) is 41.5 Å². The second-order valence-electron chi connectivity index (χ2n) is 9.34. The van der Waals surface area contributed by atoms with Gasteiger partial charge in [0.05, 0.1) is 11.3 Å². The number of hydrogen-bond acceptors (Lipinski definition) is 7. The standard InChI is InChI=1S/C24H33N3O6S/c1-16(2)18-11-13-20(14-12-18)34(31,32)27-23(30)22-25-24(33-26-22)19(15-21(28)29)10-6-9-17-7-4-3-5-8-17/h11-14,16-17,19H,3-10,15H2,1-2H3,(H,27,30)(H,28,29). The fourth-order valence-electron chi connectivity index (χ4n) is 4.40. The Kier molecular flexibility index (Phi) is 8.82. The lowest BCUT2D eigenvalue weighted by Crippen LogP contribution is -2.31. The summed E-state index contributed by atoms with van der Waals surface area (Å²) in [5.41, 5.74) is 0.973. The lowest BCUT2D eigenvalue weighted by Gasteiger charge is -2.21. The maximum absolute atomic E-state index is 12.6. The predicted molar refractivity (Wildman–Crippen MR) is 125 cm³/mol. The number of carbonyl (C=O) groups excluding carboxylic acids is 1. The van der Waals surface area contributed by atoms with Crippen molar-refractivity contribution in [2.75, 3.05) is 0 Å². The van der Waals surface area contributed by atoms with E-state index in [4.69, 9.17) is 4.52 Å². The summed E-state index contributed by atoms with van der Waals surface area (Å²) < 4.78 is 32.3. The number of aromatic nitrogens is 2. The summed E-state index contributed by atoms with van der Waals surface area (Å²) in [6.45, 7) is 3.99. The fourth-order valence-corrected chi connectivity index (χ4v) is 5.35. The minimum Gasteiger partial charge on any atom is -0.481 e. The van der Waals surface area contributed by atoms with E-state index < -0.39 is 33.6 Å². The van der Waals surface area contributed by atoms with Gasteiger partial charge >= 0.3 is 11.9 Å². The van der Waals surface area contributed by atoms with Crippen molar-refractivity contribution in [2.24, 2.45) is 5.92 Å². The van der Waals surface area contributed by atoms with E-state index >= 15 is 0 Å². The molecule has 1 atom stereocenters. The number of nitrogens with zero attached hydrogens (tertiary/aromatic N) is 2. The zero-order valence-corrected chi connectivity index (χ0v) is 20.5. The summed E-state index contributed by atoms with van der Waals surface area (Å²) in [4.78, 5) is 27.8. The molecule has 1 unspecified atom stereocenters. The highest BCUT2D eigenvalue weighted by atomic mass is 32.2. The number of hydrogen-bond donors (Lipinski definition) is 2. The second kappa shape index (κ2) is 11.6. The first-order valence-electron chi connectivity index (χ1n) is 11.9. The van der Waals surface area contributed by atoms with Crippen LogP contribution in [0.2, 0.25) is 0 Å². The summed E-state index contributed by atoms with van der Waals surface area (Å²) in [5, 5.41) is 12.9. The zero-order valence-electron chi connectivity index (χ0n) is 19.7. The highest BCUT2D eigenvalue weighted by Crippen LogP contribution is 2.31. The average molecular weight is 492 g/mol. The highest BCUT2D eigenvalue weighted by molar-refractivity contribution is 7.90. The minimum absolute atomic E-state index is 0.0369. The number of carboxylic acids is 1. The third-order valence-corrected chi connectivity index (χ3v) is 7.74. The lowest BCUT2D eigenvalue weighted by atomic mass is 9.84. The molecule has 2 N–H and O–H groups in total. The predicted octanol–water partition coefficient (Wildman–Crippen LogP) is 4.62. The molecule has 1 fully saturated rings. The molecule has 3 rings (SSSR count). The summed E-state index contributed by atoms with van der Waals surface area (Å²) in [6.07, 6.45) is 8.39. The smallest absolute Gasteiger partial charge is 0.306 e. The van der Waals surface area contributed by atoms with E-state index in [1.54, 1.807) is 12.1 Å². The minimum atomic E-state index is -4.12. The molecular weight excluding hydrogens is 458 g/mol. The van der Waals surface area contributed by atoms with Crippen molar-refractivity contribution >= 4 is 21.9 Å². The monoisotopic (exact) mass is 491 g/mol. The van der Waals surface area contributed by atoms with Crippen LogP contribution in [0.1, 0.15) is 106 Å². The van der Waals surface area contributed by atoms with Gasteiger partial charge in [0.1, 0.15) is 0 Å². The Morgan fingerprint density at radius 1 is 1.15 bits per heavy atom. The Balaban J connectivity index is 1.64. The topological polar surface area (TPSA) is 139 Å². The molecular formula is C24H33N3O6S. The molecule has 0 saturated heterocycles. The van der Waals surface area contributed by atoms with Crippen LogP contribution in [0.5, 0.6) is 0 Å². The Morgan fingerprint density at radius 3 is 2.44 bits per heavy atom. The van der Waals surface area contributed by atoms with Crippen molar-refractivity contribution in [3.63, 3.8) is 0 Å². The largest absolute Gasteiger partial charge is 0.481 e. The number of carbonyl (C=O) groups is 2. The van der Waals surface area contributed by atoms with Gasteiger partial charge in [0.25, 0.3) is 15.8 Å². The van der Waals surface area contributed by atoms with E-state index in [0.717, 1.165) is 18.4 Å². The summed E-state index contributed by atoms with van der Waals surface area (Å²) in [5.74, 6) is -2.06. The van der Waals surface area contributed by atoms with Crippen molar-refractivity contribution in [1.29, 1.82) is 0 Å². The highest BCUT2D eigenvalue weighted by Gasteiger charge is 2.27. The van der Waals surface area contributed by atoms with E-state index in [1.165, 1.54) is 44.2 Å². The molecule has 186 valence electrons. The van der Waals surface area contributed by atoms with Crippen LogP contribution < -0.4 is 4.72 Å². The Hall–Kier alpha value is -2.75. The van der Waals surface area contributed by atoms with E-state index in [2.05, 4.69) is 10.1 Å². The Labute approximate surface area is 200 Å². The van der Waals surface area contributed by atoms with Gasteiger partial charge in [0.2, 0.25) is 5.89 Å². The normalized spacial score (nSPS) is 15.9. The van der Waals surface area contributed by atoms with Crippen LogP contribution in [0.25, 0.3) is 0 Å². The number of benzene rings is 1. The van der Waals surface area contributed by atoms with Crippen LogP contribution in [0.3, 0.4) is 0 Å². The summed E-state index contributed by atoms with van der Waals surface area (Å²) in [7, 11) is -4.12. The number of sulfonamides is 1. The van der Waals surface area contributed by atoms with Crippen LogP contribution in [-0.4, -0.2) is 35.5 Å². The van der Waals surface area contributed by atoms with E-state index in [-0.39, 0.29) is 23.1 Å². The molecule has 1 aromatic heterocycles. The molecule has 10 heteroatoms. The van der Waals surface area contributed by atoms with Gasteiger partial charge in [-0.15, -0.1) is 0 Å². The molecule has 0 radical (unpaired) electrons. The number of rotatable bonds is 11. The fraction of sp³-hybridized carbons (Fsp3) is 0.583. The van der Waals surface area contributed by atoms with E-state index in [0.29, 0.717) is 12.3 Å². The molecule has 9 nitrogen and oxygen atoms in total. The van der Waals surface area contributed by atoms with Gasteiger partial charge in [-0.05, 0) is 36.0 Å². The van der Waals surface area contributed by atoms with E-state index in [9.17, 15) is 23.1 Å². The number of carboxylic acid groups (broad SMARTS) is 1. The van der Waals surface area contributed by atoms with Crippen molar-refractivity contribution in [3.8, 4) is 0 Å². The first-order valence-corrected chi connectivity index (χ1v) is 13.4. The Bertz CT molecular complexity index is 1070. The average Bonchev–Trinajstić information content (AvgIpc) is 3.29. The molecule has 1 amide bonds. The van der Waals surface area contributed by atoms with Crippen molar-refractivity contribution < 1.29 is 27.6 Å². The molecule has 1 heterocycles. The Morgan fingerprint density at radius 2 is 1.82 bits per heavy atom. The number of amides is 1. The van der Waals surface area contributed by atoms with Crippen LogP contribution in [0.4, 0.5) is 0 Å². The third-order valence-electron chi connectivity index (χ3n) is 6.39. The molecule has 2 aromatic rings. The second-order valence-corrected chi connectivity index (χ2v) is 11.0. The van der Waals surface area contributed by atoms with Gasteiger partial charge in [-0.2, -0.15) is 4.98 Å². The van der Waals surface area contributed by atoms with Crippen LogP contribution in [0, 0.1) is 5.92 Å². The molecule has 1 aromatic carbocycles. The SMILES string of the molecule is CC(C)c1ccc(S(=O)(=O)NC(=O)c2noc(C(CCCC3CCCCC3)CC(=O)O)n2)cc1. The lowest BCUT2D eigenvalue weighted by molar-refractivity contribution is -0.137. The van der Waals surface area contributed by atoms with E-state index in [1.807, 2.05) is 18.6 Å². The molecule has 0 bridgehead atoms. The first kappa shape index (κ1) is 25.9. The maximum atomic E-state index is 12.6. The summed E-state index contributed by atoms with van der Waals surface area (Å²) in [6, 6.07) is 6.25. The number of nitrogens with one attached hydrogen (secondary N) is 1. The van der Waals surface area contributed by atoms with Gasteiger partial charge < -0.3 is 9.63 Å². The van der Waals surface area contributed by atoms with Crippen molar-refractivity contribution in [1.82, 2.24) is 14.9 Å². The molecule has 0 aliphatic heterocycles. The first-order chi connectivity index (χ1) is 16.2.